The molecule has 0 N–H and O–H groups in total. The molecule has 0 saturated carbocycles. The lowest BCUT2D eigenvalue weighted by atomic mass is 9.81. The zero-order valence-corrected chi connectivity index (χ0v) is 11.9. The van der Waals surface area contributed by atoms with E-state index in [-0.39, 0.29) is 0 Å². The van der Waals surface area contributed by atoms with Crippen LogP contribution in [-0.2, 0) is 4.79 Å². The van der Waals surface area contributed by atoms with E-state index < -0.39 is 0 Å². The summed E-state index contributed by atoms with van der Waals surface area (Å²) in [5, 5.41) is 0. The van der Waals surface area contributed by atoms with Gasteiger partial charge in [-0.3, -0.25) is 4.79 Å². The number of hydrogen-bond donors (Lipinski definition) is 0. The van der Waals surface area contributed by atoms with Crippen LogP contribution >= 0.6 is 0 Å². The lowest BCUT2D eigenvalue weighted by Crippen LogP contribution is -2.09. The van der Waals surface area contributed by atoms with Crippen LogP contribution in [0, 0.1) is 5.92 Å². The molecule has 2 aliphatic rings. The maximum Gasteiger partial charge on any atom is 0.149 e. The Kier molecular flexibility index (Phi) is 3.87. The molecule has 0 aromatic heterocycles. The Bertz CT molecular complexity index is 587. The van der Waals surface area contributed by atoms with E-state index in [1.165, 1.54) is 22.3 Å². The maximum absolute atomic E-state index is 10.8. The average molecular weight is 252 g/mol. The van der Waals surface area contributed by atoms with Gasteiger partial charge in [0.05, 0.1) is 0 Å². The molecule has 2 aliphatic carbocycles. The van der Waals surface area contributed by atoms with Crippen LogP contribution in [0.25, 0.3) is 0 Å². The maximum atomic E-state index is 10.8. The fourth-order valence-electron chi connectivity index (χ4n) is 2.63. The quantitative estimate of drug-likeness (QED) is 0.237. The molecule has 98 valence electrons. The number of carbonyl (C=O) groups excluding carboxylic acids is 1. The fourth-order valence-corrected chi connectivity index (χ4v) is 2.63. The Balaban J connectivity index is 2.15. The predicted octanol–water partition coefficient (Wildman–Crippen LogP) is 4.46. The molecule has 1 heteroatoms. The Morgan fingerprint density at radius 1 is 1.47 bits per heavy atom. The smallest absolute Gasteiger partial charge is 0.149 e. The SMILES string of the molecule is C=C(C=O)/C(C)=C(\C)CC1=CCC2=C(C=C=C2)C1C. The largest absolute Gasteiger partial charge is 0.298 e. The van der Waals surface area contributed by atoms with Crippen LogP contribution in [0.4, 0.5) is 0 Å². The van der Waals surface area contributed by atoms with E-state index in [4.69, 9.17) is 0 Å². The molecular formula is C18H20O. The van der Waals surface area contributed by atoms with Gasteiger partial charge in [0.15, 0.2) is 0 Å². The highest BCUT2D eigenvalue weighted by Gasteiger charge is 2.21. The molecule has 1 atom stereocenters. The summed E-state index contributed by atoms with van der Waals surface area (Å²) in [7, 11) is 0. The lowest BCUT2D eigenvalue weighted by molar-refractivity contribution is -0.104. The summed E-state index contributed by atoms with van der Waals surface area (Å²) < 4.78 is 0. The van der Waals surface area contributed by atoms with Crippen LogP contribution in [0.5, 0.6) is 0 Å². The van der Waals surface area contributed by atoms with Gasteiger partial charge in [-0.15, -0.1) is 5.73 Å². The minimum absolute atomic E-state index is 0.447. The normalized spacial score (nSPS) is 22.1. The summed E-state index contributed by atoms with van der Waals surface area (Å²) in [6, 6.07) is 0. The van der Waals surface area contributed by atoms with Gasteiger partial charge in [-0.05, 0) is 55.6 Å². The van der Waals surface area contributed by atoms with Crippen LogP contribution in [0.1, 0.15) is 33.6 Å². The summed E-state index contributed by atoms with van der Waals surface area (Å²) in [6.07, 6.45) is 9.26. The van der Waals surface area contributed by atoms with E-state index in [0.29, 0.717) is 11.5 Å². The average Bonchev–Trinajstić information content (AvgIpc) is 2.89. The molecule has 0 spiro atoms. The molecular weight excluding hydrogens is 232 g/mol. The standard InChI is InChI=1S/C18H20O/c1-12(14(3)13(2)11-19)10-17-9-8-16-6-5-7-18(16)15(17)4/h6-7,9,11,15H,2,8,10H2,1,3-4H3/b14-12+. The molecule has 0 aromatic rings. The van der Waals surface area contributed by atoms with Gasteiger partial charge in [0.1, 0.15) is 6.29 Å². The second-order valence-electron chi connectivity index (χ2n) is 5.37. The van der Waals surface area contributed by atoms with Crippen molar-refractivity contribution in [3.8, 4) is 0 Å². The first-order valence-electron chi connectivity index (χ1n) is 6.69. The minimum Gasteiger partial charge on any atom is -0.298 e. The molecule has 0 fully saturated rings. The van der Waals surface area contributed by atoms with Gasteiger partial charge in [0.2, 0.25) is 0 Å². The molecule has 2 rings (SSSR count). The van der Waals surface area contributed by atoms with Gasteiger partial charge in [-0.25, -0.2) is 0 Å². The first-order valence-corrected chi connectivity index (χ1v) is 6.69. The zero-order valence-electron chi connectivity index (χ0n) is 11.9. The summed E-state index contributed by atoms with van der Waals surface area (Å²) >= 11 is 0. The first-order chi connectivity index (χ1) is 9.04. The monoisotopic (exact) mass is 252 g/mol. The molecule has 0 bridgehead atoms. The first kappa shape index (κ1) is 13.6. The van der Waals surface area contributed by atoms with Crippen molar-refractivity contribution in [1.29, 1.82) is 0 Å². The van der Waals surface area contributed by atoms with Crippen LogP contribution < -0.4 is 0 Å². The summed E-state index contributed by atoms with van der Waals surface area (Å²) in [5.41, 5.74) is 10.3. The van der Waals surface area contributed by atoms with Crippen molar-refractivity contribution in [3.05, 3.63) is 64.0 Å². The Labute approximate surface area is 115 Å². The van der Waals surface area contributed by atoms with Gasteiger partial charge < -0.3 is 0 Å². The topological polar surface area (TPSA) is 17.1 Å². The van der Waals surface area contributed by atoms with Crippen molar-refractivity contribution >= 4 is 6.29 Å². The zero-order chi connectivity index (χ0) is 14.0. The molecule has 0 aromatic carbocycles. The van der Waals surface area contributed by atoms with E-state index in [1.807, 2.05) is 6.92 Å². The highest BCUT2D eigenvalue weighted by atomic mass is 16.1. The predicted molar refractivity (Wildman–Crippen MR) is 79.7 cm³/mol. The Hall–Kier alpha value is -1.85. The number of rotatable bonds is 4. The molecule has 1 unspecified atom stereocenters. The number of hydrogen-bond acceptors (Lipinski definition) is 1. The van der Waals surface area contributed by atoms with Crippen LogP contribution in [0.3, 0.4) is 0 Å². The molecule has 0 saturated heterocycles. The van der Waals surface area contributed by atoms with Crippen LogP contribution in [0.15, 0.2) is 64.0 Å². The molecule has 0 aliphatic heterocycles. The van der Waals surface area contributed by atoms with Gasteiger partial charge in [0.25, 0.3) is 0 Å². The number of carbonyl (C=O) groups is 1. The van der Waals surface area contributed by atoms with Crippen molar-refractivity contribution in [1.82, 2.24) is 0 Å². The number of allylic oxidation sites excluding steroid dienone is 8. The second kappa shape index (κ2) is 5.42. The fraction of sp³-hybridized carbons (Fsp3) is 0.333. The van der Waals surface area contributed by atoms with E-state index in [1.54, 1.807) is 0 Å². The Morgan fingerprint density at radius 3 is 2.89 bits per heavy atom. The van der Waals surface area contributed by atoms with E-state index in [9.17, 15) is 4.79 Å². The van der Waals surface area contributed by atoms with Crippen LogP contribution in [-0.4, -0.2) is 6.29 Å². The van der Waals surface area contributed by atoms with Crippen molar-refractivity contribution in [2.75, 3.05) is 0 Å². The van der Waals surface area contributed by atoms with Gasteiger partial charge in [-0.1, -0.05) is 30.7 Å². The van der Waals surface area contributed by atoms with Gasteiger partial charge >= 0.3 is 0 Å². The summed E-state index contributed by atoms with van der Waals surface area (Å²) in [6.45, 7) is 10.1. The third-order valence-corrected chi connectivity index (χ3v) is 4.21. The van der Waals surface area contributed by atoms with E-state index >= 15 is 0 Å². The van der Waals surface area contributed by atoms with Crippen molar-refractivity contribution in [3.63, 3.8) is 0 Å². The third kappa shape index (κ3) is 2.62. The summed E-state index contributed by atoms with van der Waals surface area (Å²) in [5.74, 6) is 0.447. The highest BCUT2D eigenvalue weighted by molar-refractivity contribution is 5.79. The molecule has 19 heavy (non-hydrogen) atoms. The third-order valence-electron chi connectivity index (χ3n) is 4.21. The van der Waals surface area contributed by atoms with Crippen molar-refractivity contribution in [2.45, 2.75) is 33.6 Å². The summed E-state index contributed by atoms with van der Waals surface area (Å²) in [4.78, 5) is 10.8. The number of aldehydes is 1. The molecule has 0 heterocycles. The Morgan fingerprint density at radius 2 is 2.21 bits per heavy atom. The minimum atomic E-state index is 0.447. The molecule has 1 nitrogen and oxygen atoms in total. The molecule has 0 amide bonds. The lowest BCUT2D eigenvalue weighted by Gasteiger charge is -2.23. The van der Waals surface area contributed by atoms with Gasteiger partial charge in [0, 0.05) is 11.5 Å². The van der Waals surface area contributed by atoms with Crippen LogP contribution in [0.2, 0.25) is 0 Å². The van der Waals surface area contributed by atoms with Crippen molar-refractivity contribution < 1.29 is 4.79 Å². The van der Waals surface area contributed by atoms with E-state index in [0.717, 1.165) is 24.7 Å². The van der Waals surface area contributed by atoms with E-state index in [2.05, 4.69) is 44.4 Å². The molecule has 0 radical (unpaired) electrons. The highest BCUT2D eigenvalue weighted by Crippen LogP contribution is 2.37. The second-order valence-corrected chi connectivity index (χ2v) is 5.37. The van der Waals surface area contributed by atoms with Gasteiger partial charge in [-0.2, -0.15) is 0 Å². The van der Waals surface area contributed by atoms with Crippen molar-refractivity contribution in [2.24, 2.45) is 5.92 Å².